The van der Waals surface area contributed by atoms with Crippen molar-refractivity contribution >= 4 is 29.1 Å². The number of allylic oxidation sites excluding steroid dienone is 2. The van der Waals surface area contributed by atoms with Crippen molar-refractivity contribution < 1.29 is 20.1 Å². The Morgan fingerprint density at radius 2 is 2.16 bits per heavy atom. The van der Waals surface area contributed by atoms with Crippen molar-refractivity contribution in [2.75, 3.05) is 17.8 Å². The van der Waals surface area contributed by atoms with Crippen LogP contribution in [0.5, 0.6) is 0 Å². The molecule has 2 aromatic rings. The van der Waals surface area contributed by atoms with E-state index in [4.69, 9.17) is 10.5 Å². The van der Waals surface area contributed by atoms with E-state index in [0.29, 0.717) is 28.4 Å². The molecule has 11 nitrogen and oxygen atoms in total. The zero-order chi connectivity index (χ0) is 21.9. The van der Waals surface area contributed by atoms with E-state index in [2.05, 4.69) is 45.4 Å². The van der Waals surface area contributed by atoms with Crippen LogP contribution in [0.2, 0.25) is 0 Å². The number of hydrogen-bond acceptors (Lipinski definition) is 10. The maximum absolute atomic E-state index is 10.3. The van der Waals surface area contributed by atoms with Crippen LogP contribution in [-0.4, -0.2) is 66.0 Å². The van der Waals surface area contributed by atoms with Crippen molar-refractivity contribution in [2.45, 2.75) is 51.2 Å². The highest BCUT2D eigenvalue weighted by atomic mass is 16.6. The van der Waals surface area contributed by atoms with Crippen LogP contribution in [0, 0.1) is 17.3 Å². The topological polar surface area (TPSA) is 164 Å². The quantitative estimate of drug-likeness (QED) is 0.334. The second kappa shape index (κ2) is 7.23. The number of rotatable bonds is 5. The molecule has 6 N–H and O–H groups in total. The minimum atomic E-state index is -1.26. The molecule has 0 amide bonds. The summed E-state index contributed by atoms with van der Waals surface area (Å²) in [6.45, 7) is 4.21. The average molecular weight is 429 g/mol. The van der Waals surface area contributed by atoms with Gasteiger partial charge in [-0.3, -0.25) is 4.57 Å². The van der Waals surface area contributed by atoms with Gasteiger partial charge in [0.2, 0.25) is 5.95 Å². The maximum Gasteiger partial charge on any atom is 0.247 e. The van der Waals surface area contributed by atoms with Crippen LogP contribution < -0.4 is 11.2 Å². The summed E-state index contributed by atoms with van der Waals surface area (Å²) in [6.07, 6.45) is 3.39. The number of imidazole rings is 1. The number of nitrogens with zero attached hydrogens (tertiary/aromatic N) is 5. The summed E-state index contributed by atoms with van der Waals surface area (Å²) < 4.78 is 7.04. The first-order valence-electron chi connectivity index (χ1n) is 10.4. The Hall–Kier alpha value is -2.60. The smallest absolute Gasteiger partial charge is 0.247 e. The van der Waals surface area contributed by atoms with Gasteiger partial charge in [0.05, 0.1) is 19.1 Å². The molecule has 4 aliphatic rings. The van der Waals surface area contributed by atoms with Crippen LogP contribution in [-0.2, 0) is 4.74 Å². The Morgan fingerprint density at radius 3 is 2.81 bits per heavy atom. The number of ether oxygens (including phenoxy) is 1. The summed E-state index contributed by atoms with van der Waals surface area (Å²) in [4.78, 5) is 12.8. The molecule has 6 rings (SSSR count). The molecule has 2 fully saturated rings. The molecule has 166 valence electrons. The first-order chi connectivity index (χ1) is 14.8. The predicted molar refractivity (Wildman–Crippen MR) is 113 cm³/mol. The molecule has 0 spiro atoms. The molecule has 1 saturated heterocycles. The van der Waals surface area contributed by atoms with Crippen molar-refractivity contribution in [3.05, 3.63) is 18.0 Å². The molecule has 1 saturated carbocycles. The number of hydrazone groups is 1. The van der Waals surface area contributed by atoms with Gasteiger partial charge in [-0.1, -0.05) is 19.9 Å². The molecular formula is C20H27N7O4. The van der Waals surface area contributed by atoms with Gasteiger partial charge in [-0.2, -0.15) is 15.1 Å². The number of nitrogen functional groups attached to an aromatic ring is 1. The molecule has 31 heavy (non-hydrogen) atoms. The van der Waals surface area contributed by atoms with Crippen molar-refractivity contribution in [1.82, 2.24) is 19.5 Å². The van der Waals surface area contributed by atoms with Gasteiger partial charge in [0.15, 0.2) is 17.7 Å². The van der Waals surface area contributed by atoms with Gasteiger partial charge < -0.3 is 25.8 Å². The molecule has 0 unspecified atom stereocenters. The van der Waals surface area contributed by atoms with Gasteiger partial charge in [0.25, 0.3) is 0 Å². The van der Waals surface area contributed by atoms with Crippen LogP contribution >= 0.6 is 0 Å². The van der Waals surface area contributed by atoms with Crippen molar-refractivity contribution in [3.8, 4) is 0 Å². The number of aliphatic hydroxyl groups is 3. The molecule has 0 radical (unpaired) electrons. The third kappa shape index (κ3) is 3.19. The van der Waals surface area contributed by atoms with Gasteiger partial charge in [-0.25, -0.2) is 10.4 Å². The molecule has 0 aromatic carbocycles. The Morgan fingerprint density at radius 1 is 1.35 bits per heavy atom. The van der Waals surface area contributed by atoms with Gasteiger partial charge in [-0.05, 0) is 35.7 Å². The number of nitrogens with one attached hydrogen (secondary N) is 1. The zero-order valence-electron chi connectivity index (χ0n) is 17.4. The highest BCUT2D eigenvalue weighted by molar-refractivity contribution is 5.83. The van der Waals surface area contributed by atoms with E-state index >= 15 is 0 Å². The number of fused-ring (bicyclic) bond motifs is 2. The molecule has 2 aromatic heterocycles. The number of anilines is 2. The zero-order valence-corrected chi connectivity index (χ0v) is 17.4. The summed E-state index contributed by atoms with van der Waals surface area (Å²) in [5, 5.41) is 34.0. The lowest BCUT2D eigenvalue weighted by atomic mass is 9.50. The molecular weight excluding hydrogens is 402 g/mol. The molecule has 11 heteroatoms. The standard InChI is InChI=1S/C20H27N7O4/c1-20(2)10-3-9(4-11(20)5-10)6-23-26-19-24-16(21)13-17(25-19)27(8-22-13)18-15(30)14(29)12(7-28)31-18/h3,6,8,10-12,14-15,18,28-30H,4-5,7H2,1-2H3,(H3,21,24,25,26)/b23-6+/t10-,11+,12+,14+,15+,18+/m0/s1. The molecule has 3 heterocycles. The van der Waals surface area contributed by atoms with Crippen molar-refractivity contribution in [2.24, 2.45) is 22.4 Å². The first-order valence-corrected chi connectivity index (χ1v) is 10.4. The number of aliphatic hydroxyl groups excluding tert-OH is 3. The lowest BCUT2D eigenvalue weighted by Crippen LogP contribution is -2.46. The van der Waals surface area contributed by atoms with Crippen LogP contribution in [0.15, 0.2) is 23.1 Å². The highest BCUT2D eigenvalue weighted by Gasteiger charge is 2.49. The highest BCUT2D eigenvalue weighted by Crippen LogP contribution is 2.57. The molecule has 2 bridgehead atoms. The maximum atomic E-state index is 10.3. The Balaban J connectivity index is 1.37. The summed E-state index contributed by atoms with van der Waals surface area (Å²) in [5.74, 6) is 1.61. The number of nitrogens with two attached hydrogens (primary N) is 1. The van der Waals surface area contributed by atoms with E-state index in [1.807, 2.05) is 0 Å². The van der Waals surface area contributed by atoms with Gasteiger partial charge in [0.1, 0.15) is 23.8 Å². The van der Waals surface area contributed by atoms with E-state index in [9.17, 15) is 15.3 Å². The van der Waals surface area contributed by atoms with E-state index in [-0.39, 0.29) is 11.8 Å². The minimum absolute atomic E-state index is 0.146. The lowest BCUT2D eigenvalue weighted by molar-refractivity contribution is -0.0511. The fourth-order valence-electron chi connectivity index (χ4n) is 4.85. The molecule has 1 aliphatic heterocycles. The normalized spacial score (nSPS) is 34.2. The van der Waals surface area contributed by atoms with Crippen LogP contribution in [0.4, 0.5) is 11.8 Å². The third-order valence-electron chi connectivity index (χ3n) is 7.08. The van der Waals surface area contributed by atoms with Gasteiger partial charge >= 0.3 is 0 Å². The summed E-state index contributed by atoms with van der Waals surface area (Å²) in [7, 11) is 0. The van der Waals surface area contributed by atoms with Gasteiger partial charge in [0, 0.05) is 0 Å². The van der Waals surface area contributed by atoms with Gasteiger partial charge in [-0.15, -0.1) is 0 Å². The summed E-state index contributed by atoms with van der Waals surface area (Å²) >= 11 is 0. The lowest BCUT2D eigenvalue weighted by Gasteiger charge is -2.54. The second-order valence-electron chi connectivity index (χ2n) is 9.16. The van der Waals surface area contributed by atoms with Crippen LogP contribution in [0.25, 0.3) is 11.2 Å². The Labute approximate surface area is 178 Å². The Kier molecular flexibility index (Phi) is 4.74. The van der Waals surface area contributed by atoms with Crippen LogP contribution in [0.3, 0.4) is 0 Å². The summed E-state index contributed by atoms with van der Waals surface area (Å²) in [6, 6.07) is 0. The second-order valence-corrected chi connectivity index (χ2v) is 9.16. The van der Waals surface area contributed by atoms with E-state index in [0.717, 1.165) is 6.42 Å². The largest absolute Gasteiger partial charge is 0.394 e. The third-order valence-corrected chi connectivity index (χ3v) is 7.08. The predicted octanol–water partition coefficient (Wildman–Crippen LogP) is 0.410. The average Bonchev–Trinajstić information content (AvgIpc) is 3.29. The van der Waals surface area contributed by atoms with E-state index in [1.165, 1.54) is 22.9 Å². The number of aromatic nitrogens is 4. The molecule has 3 aliphatic carbocycles. The van der Waals surface area contributed by atoms with E-state index in [1.54, 1.807) is 6.21 Å². The summed E-state index contributed by atoms with van der Waals surface area (Å²) in [5.41, 5.74) is 11.1. The fourth-order valence-corrected chi connectivity index (χ4v) is 4.85. The number of hydrogen-bond donors (Lipinski definition) is 5. The van der Waals surface area contributed by atoms with Crippen LogP contribution in [0.1, 0.15) is 32.9 Å². The fraction of sp³-hybridized carbons (Fsp3) is 0.600. The first kappa shape index (κ1) is 20.3. The van der Waals surface area contributed by atoms with Crippen molar-refractivity contribution in [3.63, 3.8) is 0 Å². The Bertz CT molecular complexity index is 1070. The monoisotopic (exact) mass is 429 g/mol. The molecule has 6 atom stereocenters. The minimum Gasteiger partial charge on any atom is -0.394 e. The van der Waals surface area contributed by atoms with E-state index < -0.39 is 31.1 Å². The van der Waals surface area contributed by atoms with Crippen molar-refractivity contribution in [1.29, 1.82) is 0 Å². The SMILES string of the molecule is CC1(C)[C@@H]2CC(/C=N/Nc3nc(N)c4ncn([C@@H]5O[C@H](CO)[C@@H](O)[C@H]5O)c4n3)=C[C@H]1C2.